The highest BCUT2D eigenvalue weighted by molar-refractivity contribution is 5.99. The summed E-state index contributed by atoms with van der Waals surface area (Å²) in [5.41, 5.74) is 10.1. The van der Waals surface area contributed by atoms with Crippen LogP contribution in [-0.2, 0) is 6.54 Å². The van der Waals surface area contributed by atoms with Crippen LogP contribution < -0.4 is 5.73 Å². The third-order valence-corrected chi connectivity index (χ3v) is 5.18. The minimum atomic E-state index is 0.327. The van der Waals surface area contributed by atoms with Crippen molar-refractivity contribution in [3.8, 4) is 17.2 Å². The predicted molar refractivity (Wildman–Crippen MR) is 104 cm³/mol. The van der Waals surface area contributed by atoms with Crippen LogP contribution in [0.4, 0.5) is 0 Å². The van der Waals surface area contributed by atoms with Gasteiger partial charge in [0.05, 0.1) is 11.6 Å². The number of pyridine rings is 1. The van der Waals surface area contributed by atoms with Crippen LogP contribution in [0.3, 0.4) is 0 Å². The van der Waals surface area contributed by atoms with Gasteiger partial charge < -0.3 is 5.73 Å². The molecule has 2 heterocycles. The molecule has 1 aliphatic heterocycles. The van der Waals surface area contributed by atoms with Crippen molar-refractivity contribution in [1.29, 1.82) is 5.26 Å². The Bertz CT molecular complexity index is 951. The van der Waals surface area contributed by atoms with Crippen molar-refractivity contribution in [2.24, 2.45) is 5.73 Å². The average Bonchev–Trinajstić information content (AvgIpc) is 2.69. The summed E-state index contributed by atoms with van der Waals surface area (Å²) in [7, 11) is 0. The van der Waals surface area contributed by atoms with Gasteiger partial charge in [0.1, 0.15) is 0 Å². The number of rotatable bonds is 3. The molecule has 0 atom stereocenters. The molecule has 0 saturated carbocycles. The summed E-state index contributed by atoms with van der Waals surface area (Å²) in [6.07, 6.45) is 5.77. The number of hydrogen-bond acceptors (Lipinski definition) is 4. The van der Waals surface area contributed by atoms with Gasteiger partial charge in [0, 0.05) is 35.9 Å². The summed E-state index contributed by atoms with van der Waals surface area (Å²) < 4.78 is 0. The Morgan fingerprint density at radius 2 is 1.85 bits per heavy atom. The Labute approximate surface area is 153 Å². The van der Waals surface area contributed by atoms with Crippen LogP contribution in [-0.4, -0.2) is 29.0 Å². The van der Waals surface area contributed by atoms with Crippen LogP contribution in [0, 0.1) is 11.3 Å². The molecule has 0 bridgehead atoms. The van der Waals surface area contributed by atoms with Crippen LogP contribution in [0.15, 0.2) is 54.9 Å². The van der Waals surface area contributed by atoms with E-state index < -0.39 is 0 Å². The molecular formula is C22H22N4. The second-order valence-electron chi connectivity index (χ2n) is 7.02. The largest absolute Gasteiger partial charge is 0.328 e. The topological polar surface area (TPSA) is 65.9 Å². The van der Waals surface area contributed by atoms with Crippen LogP contribution >= 0.6 is 0 Å². The maximum Gasteiger partial charge on any atom is 0.0998 e. The number of fused-ring (bicyclic) bond motifs is 1. The molecule has 4 nitrogen and oxygen atoms in total. The molecule has 0 unspecified atom stereocenters. The molecule has 1 fully saturated rings. The van der Waals surface area contributed by atoms with E-state index in [4.69, 9.17) is 5.73 Å². The molecule has 1 saturated heterocycles. The highest BCUT2D eigenvalue weighted by Gasteiger charge is 2.17. The van der Waals surface area contributed by atoms with Gasteiger partial charge in [-0.2, -0.15) is 5.26 Å². The third kappa shape index (κ3) is 3.32. The lowest BCUT2D eigenvalue weighted by atomic mass is 9.96. The molecule has 0 radical (unpaired) electrons. The first-order valence-electron chi connectivity index (χ1n) is 9.08. The van der Waals surface area contributed by atoms with Crippen molar-refractivity contribution in [2.75, 3.05) is 13.1 Å². The first-order chi connectivity index (χ1) is 12.7. The molecule has 130 valence electrons. The normalized spacial score (nSPS) is 15.8. The molecule has 26 heavy (non-hydrogen) atoms. The lowest BCUT2D eigenvalue weighted by Gasteiger charge is -2.30. The molecule has 0 aliphatic carbocycles. The van der Waals surface area contributed by atoms with Gasteiger partial charge in [0.25, 0.3) is 0 Å². The van der Waals surface area contributed by atoms with Crippen LogP contribution in [0.2, 0.25) is 0 Å². The summed E-state index contributed by atoms with van der Waals surface area (Å²) in [6, 6.07) is 17.1. The zero-order valence-corrected chi connectivity index (χ0v) is 14.7. The van der Waals surface area contributed by atoms with Crippen LogP contribution in [0.1, 0.15) is 24.0 Å². The molecule has 3 aromatic rings. The predicted octanol–water partition coefficient (Wildman–Crippen LogP) is 3.70. The Kier molecular flexibility index (Phi) is 4.66. The highest BCUT2D eigenvalue weighted by Crippen LogP contribution is 2.31. The summed E-state index contributed by atoms with van der Waals surface area (Å²) >= 11 is 0. The number of benzene rings is 2. The Balaban J connectivity index is 1.77. The fraction of sp³-hybridized carbons (Fsp3) is 0.273. The average molecular weight is 342 g/mol. The van der Waals surface area contributed by atoms with Crippen molar-refractivity contribution in [3.63, 3.8) is 0 Å². The summed E-state index contributed by atoms with van der Waals surface area (Å²) in [6.45, 7) is 2.89. The third-order valence-electron chi connectivity index (χ3n) is 5.18. The zero-order valence-electron chi connectivity index (χ0n) is 14.7. The number of likely N-dealkylation sites (tertiary alicyclic amines) is 1. The quantitative estimate of drug-likeness (QED) is 0.788. The summed E-state index contributed by atoms with van der Waals surface area (Å²) in [4.78, 5) is 6.80. The maximum absolute atomic E-state index is 9.65. The van der Waals surface area contributed by atoms with Gasteiger partial charge in [-0.1, -0.05) is 30.3 Å². The smallest absolute Gasteiger partial charge is 0.0998 e. The van der Waals surface area contributed by atoms with Gasteiger partial charge in [0.2, 0.25) is 0 Å². The highest BCUT2D eigenvalue weighted by atomic mass is 15.1. The first kappa shape index (κ1) is 16.7. The van der Waals surface area contributed by atoms with E-state index in [9.17, 15) is 5.26 Å². The van der Waals surface area contributed by atoms with E-state index in [0.717, 1.165) is 54.4 Å². The van der Waals surface area contributed by atoms with Gasteiger partial charge in [-0.25, -0.2) is 0 Å². The van der Waals surface area contributed by atoms with E-state index in [1.54, 1.807) is 6.20 Å². The monoisotopic (exact) mass is 342 g/mol. The van der Waals surface area contributed by atoms with Crippen LogP contribution in [0.25, 0.3) is 21.9 Å². The van der Waals surface area contributed by atoms with Crippen molar-refractivity contribution in [1.82, 2.24) is 9.88 Å². The van der Waals surface area contributed by atoms with Gasteiger partial charge in [-0.3, -0.25) is 9.88 Å². The fourth-order valence-electron chi connectivity index (χ4n) is 3.73. The number of nitrogens with two attached hydrogens (primary N) is 1. The number of aromatic nitrogens is 1. The van der Waals surface area contributed by atoms with Crippen molar-refractivity contribution in [3.05, 3.63) is 66.0 Å². The van der Waals surface area contributed by atoms with E-state index in [2.05, 4.69) is 34.2 Å². The minimum Gasteiger partial charge on any atom is -0.328 e. The van der Waals surface area contributed by atoms with E-state index in [1.807, 2.05) is 30.5 Å². The van der Waals surface area contributed by atoms with Crippen molar-refractivity contribution >= 4 is 10.8 Å². The maximum atomic E-state index is 9.65. The van der Waals surface area contributed by atoms with E-state index in [0.29, 0.717) is 11.6 Å². The van der Waals surface area contributed by atoms with Crippen molar-refractivity contribution in [2.45, 2.75) is 25.4 Å². The lowest BCUT2D eigenvalue weighted by Crippen LogP contribution is -2.39. The van der Waals surface area contributed by atoms with Crippen molar-refractivity contribution < 1.29 is 0 Å². The zero-order chi connectivity index (χ0) is 17.9. The van der Waals surface area contributed by atoms with E-state index >= 15 is 0 Å². The standard InChI is InChI=1S/C22H22N4/c23-12-18-10-16(15-26-8-6-19(24)7-9-26)11-20-21(13-25-14-22(18)20)17-4-2-1-3-5-17/h1-5,10-11,13-14,19H,6-9,15,24H2. The van der Waals surface area contributed by atoms with E-state index in [-0.39, 0.29) is 0 Å². The van der Waals surface area contributed by atoms with E-state index in [1.165, 1.54) is 5.56 Å². The van der Waals surface area contributed by atoms with Crippen LogP contribution in [0.5, 0.6) is 0 Å². The Morgan fingerprint density at radius 3 is 2.58 bits per heavy atom. The molecule has 0 amide bonds. The second kappa shape index (κ2) is 7.25. The number of nitriles is 1. The molecule has 0 spiro atoms. The molecule has 4 heteroatoms. The molecule has 2 aromatic carbocycles. The van der Waals surface area contributed by atoms with Gasteiger partial charge >= 0.3 is 0 Å². The molecular weight excluding hydrogens is 320 g/mol. The minimum absolute atomic E-state index is 0.327. The van der Waals surface area contributed by atoms with Gasteiger partial charge in [0.15, 0.2) is 0 Å². The Morgan fingerprint density at radius 1 is 1.08 bits per heavy atom. The molecule has 1 aliphatic rings. The number of piperidine rings is 1. The van der Waals surface area contributed by atoms with Gasteiger partial charge in [-0.05, 0) is 54.6 Å². The molecule has 4 rings (SSSR count). The SMILES string of the molecule is N#Cc1cc(CN2CCC(N)CC2)cc2c(-c3ccccc3)cncc12. The number of nitrogens with zero attached hydrogens (tertiary/aromatic N) is 3. The number of hydrogen-bond donors (Lipinski definition) is 1. The molecule has 2 N–H and O–H groups in total. The van der Waals surface area contributed by atoms with Gasteiger partial charge in [-0.15, -0.1) is 0 Å². The molecule has 1 aromatic heterocycles. The fourth-order valence-corrected chi connectivity index (χ4v) is 3.73. The Hall–Kier alpha value is -2.74. The first-order valence-corrected chi connectivity index (χ1v) is 9.08. The second-order valence-corrected chi connectivity index (χ2v) is 7.02. The summed E-state index contributed by atoms with van der Waals surface area (Å²) in [5, 5.41) is 11.7. The lowest BCUT2D eigenvalue weighted by molar-refractivity contribution is 0.206. The summed E-state index contributed by atoms with van der Waals surface area (Å²) in [5.74, 6) is 0.